The molecule has 0 bridgehead atoms. The van der Waals surface area contributed by atoms with Crippen LogP contribution in [0.15, 0.2) is 29.7 Å². The van der Waals surface area contributed by atoms with Gasteiger partial charge in [-0.3, -0.25) is 4.98 Å². The number of hydrogen-bond donors (Lipinski definition) is 1. The highest BCUT2D eigenvalue weighted by molar-refractivity contribution is 6.43. The fraction of sp³-hybridized carbons (Fsp3) is 0.222. The van der Waals surface area contributed by atoms with E-state index in [0.29, 0.717) is 5.56 Å². The van der Waals surface area contributed by atoms with Crippen LogP contribution >= 0.6 is 0 Å². The predicted molar refractivity (Wildman–Crippen MR) is 49.2 cm³/mol. The van der Waals surface area contributed by atoms with Gasteiger partial charge in [0, 0.05) is 18.0 Å². The summed E-state index contributed by atoms with van der Waals surface area (Å²) in [6.07, 6.45) is 3.00. The topological polar surface area (TPSA) is 71.8 Å². The molecule has 0 spiro atoms. The third-order valence-corrected chi connectivity index (χ3v) is 1.52. The van der Waals surface area contributed by atoms with Gasteiger partial charge in [-0.15, -0.1) is 0 Å². The first-order valence-corrected chi connectivity index (χ1v) is 4.09. The van der Waals surface area contributed by atoms with E-state index < -0.39 is 5.97 Å². The molecule has 0 saturated heterocycles. The van der Waals surface area contributed by atoms with Gasteiger partial charge in [-0.05, 0) is 19.1 Å². The van der Waals surface area contributed by atoms with Crippen LogP contribution in [0.5, 0.6) is 0 Å². The molecule has 0 atom stereocenters. The summed E-state index contributed by atoms with van der Waals surface area (Å²) in [6, 6.07) is 3.12. The molecule has 0 saturated carbocycles. The summed E-state index contributed by atoms with van der Waals surface area (Å²) in [5, 5.41) is 11.5. The van der Waals surface area contributed by atoms with Gasteiger partial charge in [0.1, 0.15) is 0 Å². The third-order valence-electron chi connectivity index (χ3n) is 1.52. The number of aromatic nitrogens is 1. The second kappa shape index (κ2) is 4.96. The summed E-state index contributed by atoms with van der Waals surface area (Å²) in [5.74, 6) is -0.652. The van der Waals surface area contributed by atoms with Crippen molar-refractivity contribution >= 4 is 11.7 Å². The minimum atomic E-state index is -0.652. The number of pyridine rings is 1. The molecular formula is C9H10N2O3. The first kappa shape index (κ1) is 10.2. The fourth-order valence-electron chi connectivity index (χ4n) is 0.926. The molecule has 74 valence electrons. The molecule has 5 heteroatoms. The SMILES string of the molecule is CCOC(=O)/C(=N/O)c1ccncc1. The third kappa shape index (κ3) is 2.29. The zero-order chi connectivity index (χ0) is 10.4. The van der Waals surface area contributed by atoms with Crippen LogP contribution in [0.2, 0.25) is 0 Å². The van der Waals surface area contributed by atoms with Gasteiger partial charge in [0.15, 0.2) is 5.71 Å². The number of rotatable bonds is 3. The van der Waals surface area contributed by atoms with Crippen molar-refractivity contribution in [1.29, 1.82) is 0 Å². The van der Waals surface area contributed by atoms with Gasteiger partial charge >= 0.3 is 5.97 Å². The maximum Gasteiger partial charge on any atom is 0.361 e. The van der Waals surface area contributed by atoms with Crippen LogP contribution in [-0.4, -0.2) is 28.5 Å². The molecule has 14 heavy (non-hydrogen) atoms. The van der Waals surface area contributed by atoms with Crippen molar-refractivity contribution < 1.29 is 14.7 Å². The molecule has 1 aromatic heterocycles. The van der Waals surface area contributed by atoms with Crippen molar-refractivity contribution in [3.63, 3.8) is 0 Å². The standard InChI is InChI=1S/C9H10N2O3/c1-2-14-9(12)8(11-13)7-3-5-10-6-4-7/h3-6,13H,2H2,1H3/b11-8+. The molecule has 1 N–H and O–H groups in total. The number of carbonyl (C=O) groups excluding carboxylic acids is 1. The van der Waals surface area contributed by atoms with Crippen LogP contribution in [0.3, 0.4) is 0 Å². The lowest BCUT2D eigenvalue weighted by Gasteiger charge is -2.02. The zero-order valence-electron chi connectivity index (χ0n) is 7.67. The van der Waals surface area contributed by atoms with E-state index in [9.17, 15) is 4.79 Å². The van der Waals surface area contributed by atoms with E-state index in [1.54, 1.807) is 19.1 Å². The molecular weight excluding hydrogens is 184 g/mol. The number of oxime groups is 1. The molecule has 0 fully saturated rings. The van der Waals surface area contributed by atoms with Crippen LogP contribution in [0.25, 0.3) is 0 Å². The Morgan fingerprint density at radius 2 is 2.21 bits per heavy atom. The molecule has 1 heterocycles. The normalized spacial score (nSPS) is 11.1. The van der Waals surface area contributed by atoms with E-state index in [-0.39, 0.29) is 12.3 Å². The van der Waals surface area contributed by atoms with E-state index >= 15 is 0 Å². The molecule has 1 aromatic rings. The van der Waals surface area contributed by atoms with Crippen molar-refractivity contribution in [2.24, 2.45) is 5.16 Å². The van der Waals surface area contributed by atoms with Crippen molar-refractivity contribution in [2.45, 2.75) is 6.92 Å². The molecule has 1 rings (SSSR count). The number of hydrogen-bond acceptors (Lipinski definition) is 5. The molecule has 0 aliphatic rings. The largest absolute Gasteiger partial charge is 0.461 e. The minimum Gasteiger partial charge on any atom is -0.461 e. The van der Waals surface area contributed by atoms with Crippen LogP contribution in [-0.2, 0) is 9.53 Å². The average molecular weight is 194 g/mol. The highest BCUT2D eigenvalue weighted by Crippen LogP contribution is 2.01. The monoisotopic (exact) mass is 194 g/mol. The van der Waals surface area contributed by atoms with Gasteiger partial charge in [0.2, 0.25) is 0 Å². The summed E-state index contributed by atoms with van der Waals surface area (Å²) in [6.45, 7) is 1.92. The Morgan fingerprint density at radius 1 is 1.57 bits per heavy atom. The van der Waals surface area contributed by atoms with Gasteiger partial charge in [-0.25, -0.2) is 4.79 Å². The maximum atomic E-state index is 11.2. The lowest BCUT2D eigenvalue weighted by molar-refractivity contribution is -0.135. The van der Waals surface area contributed by atoms with Gasteiger partial charge < -0.3 is 9.94 Å². The van der Waals surface area contributed by atoms with Crippen molar-refractivity contribution in [2.75, 3.05) is 6.61 Å². The lowest BCUT2D eigenvalue weighted by atomic mass is 10.2. The van der Waals surface area contributed by atoms with E-state index in [1.807, 2.05) is 0 Å². The van der Waals surface area contributed by atoms with Gasteiger partial charge in [0.25, 0.3) is 0 Å². The Kier molecular flexibility index (Phi) is 3.60. The van der Waals surface area contributed by atoms with E-state index in [4.69, 9.17) is 9.94 Å². The molecule has 0 aliphatic heterocycles. The Balaban J connectivity index is 2.89. The summed E-state index contributed by atoms with van der Waals surface area (Å²) < 4.78 is 4.70. The van der Waals surface area contributed by atoms with Crippen LogP contribution < -0.4 is 0 Å². The van der Waals surface area contributed by atoms with Crippen molar-refractivity contribution in [3.05, 3.63) is 30.1 Å². The maximum absolute atomic E-state index is 11.2. The lowest BCUT2D eigenvalue weighted by Crippen LogP contribution is -2.18. The molecule has 0 aromatic carbocycles. The van der Waals surface area contributed by atoms with Gasteiger partial charge in [-0.1, -0.05) is 5.16 Å². The first-order chi connectivity index (χ1) is 6.79. The second-order valence-electron chi connectivity index (χ2n) is 2.40. The molecule has 0 amide bonds. The number of ether oxygens (including phenoxy) is 1. The van der Waals surface area contributed by atoms with Gasteiger partial charge in [-0.2, -0.15) is 0 Å². The quantitative estimate of drug-likeness (QED) is 0.334. The minimum absolute atomic E-state index is 0.116. The van der Waals surface area contributed by atoms with E-state index in [1.165, 1.54) is 12.4 Å². The van der Waals surface area contributed by atoms with Crippen LogP contribution in [0.1, 0.15) is 12.5 Å². The Morgan fingerprint density at radius 3 is 2.71 bits per heavy atom. The first-order valence-electron chi connectivity index (χ1n) is 4.09. The second-order valence-corrected chi connectivity index (χ2v) is 2.40. The Labute approximate surface area is 81.0 Å². The van der Waals surface area contributed by atoms with Gasteiger partial charge in [0.05, 0.1) is 6.61 Å². The highest BCUT2D eigenvalue weighted by Gasteiger charge is 2.15. The fourth-order valence-corrected chi connectivity index (χ4v) is 0.926. The van der Waals surface area contributed by atoms with Crippen molar-refractivity contribution in [3.8, 4) is 0 Å². The summed E-state index contributed by atoms with van der Waals surface area (Å²) in [5.41, 5.74) is 0.357. The number of carbonyl (C=O) groups is 1. The van der Waals surface area contributed by atoms with E-state index in [2.05, 4.69) is 10.1 Å². The Hall–Kier alpha value is -1.91. The highest BCUT2D eigenvalue weighted by atomic mass is 16.5. The van der Waals surface area contributed by atoms with Crippen LogP contribution in [0.4, 0.5) is 0 Å². The Bertz CT molecular complexity index is 335. The summed E-state index contributed by atoms with van der Waals surface area (Å²) in [7, 11) is 0. The zero-order valence-corrected chi connectivity index (χ0v) is 7.67. The number of nitrogens with zero attached hydrogens (tertiary/aromatic N) is 2. The van der Waals surface area contributed by atoms with E-state index in [0.717, 1.165) is 0 Å². The average Bonchev–Trinajstić information content (AvgIpc) is 2.21. The summed E-state index contributed by atoms with van der Waals surface area (Å²) >= 11 is 0. The summed E-state index contributed by atoms with van der Waals surface area (Å²) in [4.78, 5) is 15.0. The van der Waals surface area contributed by atoms with Crippen LogP contribution in [0, 0.1) is 0 Å². The molecule has 0 aliphatic carbocycles. The molecule has 0 radical (unpaired) electrons. The molecule has 5 nitrogen and oxygen atoms in total. The number of esters is 1. The smallest absolute Gasteiger partial charge is 0.361 e. The predicted octanol–water partition coefficient (Wildman–Crippen LogP) is 0.823. The van der Waals surface area contributed by atoms with Crippen molar-refractivity contribution in [1.82, 2.24) is 4.98 Å². The molecule has 0 unspecified atom stereocenters.